The zero-order valence-electron chi connectivity index (χ0n) is 36.0. The van der Waals surface area contributed by atoms with Crippen LogP contribution in [0.2, 0.25) is 0 Å². The van der Waals surface area contributed by atoms with Crippen molar-refractivity contribution in [1.29, 1.82) is 0 Å². The average molecular weight is 853 g/mol. The molecule has 0 aliphatic heterocycles. The topological polar surface area (TPSA) is 39.4 Å². The standard InChI is InChI=1S/C64H36O3/c1-3-17-48-46(15-1)61(47-16-2-4-18-49(47)62(48)38-25-29-43-41-13-9-11-23-55(41)65-58(43)34-38)37-28-32-57-54(33-37)45-31-27-40(36-60(45)67-57)64-52-21-7-5-19-50(52)63(51-20-6-8-22-53(51)64)39-26-30-44-42-14-10-12-24-56(42)66-59(44)35-39/h1-36H. The molecular formula is C64H36O3. The molecule has 0 fully saturated rings. The number of fused-ring (bicyclic) bond motifs is 13. The summed E-state index contributed by atoms with van der Waals surface area (Å²) >= 11 is 0. The summed E-state index contributed by atoms with van der Waals surface area (Å²) in [7, 11) is 0. The van der Waals surface area contributed by atoms with E-state index in [1.807, 2.05) is 24.3 Å². The number of hydrogen-bond donors (Lipinski definition) is 0. The lowest BCUT2D eigenvalue weighted by atomic mass is 9.85. The first-order valence-electron chi connectivity index (χ1n) is 22.9. The van der Waals surface area contributed by atoms with E-state index in [-0.39, 0.29) is 0 Å². The van der Waals surface area contributed by atoms with Gasteiger partial charge in [-0.1, -0.05) is 158 Å². The molecule has 3 aromatic heterocycles. The molecule has 310 valence electrons. The predicted octanol–water partition coefficient (Wildman–Crippen LogP) is 18.7. The second-order valence-corrected chi connectivity index (χ2v) is 17.8. The molecule has 0 atom stereocenters. The minimum absolute atomic E-state index is 0.864. The summed E-state index contributed by atoms with van der Waals surface area (Å²) in [5, 5.41) is 16.3. The van der Waals surface area contributed by atoms with Gasteiger partial charge < -0.3 is 13.3 Å². The first-order chi connectivity index (χ1) is 33.2. The Balaban J connectivity index is 0.891. The van der Waals surface area contributed by atoms with E-state index >= 15 is 0 Å². The van der Waals surface area contributed by atoms with E-state index < -0.39 is 0 Å². The van der Waals surface area contributed by atoms with Crippen molar-refractivity contribution in [2.75, 3.05) is 0 Å². The molecule has 3 heteroatoms. The molecule has 0 spiro atoms. The van der Waals surface area contributed by atoms with Crippen molar-refractivity contribution in [3.05, 3.63) is 218 Å². The zero-order valence-corrected chi connectivity index (χ0v) is 36.0. The van der Waals surface area contributed by atoms with Gasteiger partial charge in [0.15, 0.2) is 0 Å². The summed E-state index contributed by atoms with van der Waals surface area (Å²) in [5.74, 6) is 0. The van der Waals surface area contributed by atoms with Crippen LogP contribution >= 0.6 is 0 Å². The Labute approximate surface area is 383 Å². The van der Waals surface area contributed by atoms with Crippen LogP contribution in [-0.2, 0) is 0 Å². The van der Waals surface area contributed by atoms with Crippen molar-refractivity contribution in [2.45, 2.75) is 0 Å². The van der Waals surface area contributed by atoms with Gasteiger partial charge in [0.1, 0.15) is 33.5 Å². The molecule has 15 rings (SSSR count). The highest BCUT2D eigenvalue weighted by Crippen LogP contribution is 2.48. The van der Waals surface area contributed by atoms with Gasteiger partial charge in [-0.3, -0.25) is 0 Å². The molecule has 15 aromatic rings. The van der Waals surface area contributed by atoms with Crippen molar-refractivity contribution >= 4 is 109 Å². The van der Waals surface area contributed by atoms with Gasteiger partial charge >= 0.3 is 0 Å². The normalized spacial score (nSPS) is 12.2. The van der Waals surface area contributed by atoms with E-state index in [0.29, 0.717) is 0 Å². The van der Waals surface area contributed by atoms with Crippen molar-refractivity contribution < 1.29 is 13.3 Å². The number of benzene rings is 12. The molecular weight excluding hydrogens is 817 g/mol. The molecule has 0 aliphatic carbocycles. The van der Waals surface area contributed by atoms with Crippen LogP contribution in [0.4, 0.5) is 0 Å². The van der Waals surface area contributed by atoms with E-state index in [0.717, 1.165) is 88.1 Å². The summed E-state index contributed by atoms with van der Waals surface area (Å²) in [6.45, 7) is 0. The maximum absolute atomic E-state index is 6.78. The van der Waals surface area contributed by atoms with Gasteiger partial charge in [-0.05, 0) is 148 Å². The molecule has 0 saturated carbocycles. The van der Waals surface area contributed by atoms with Crippen LogP contribution in [0.15, 0.2) is 232 Å². The Hall–Kier alpha value is -8.92. The summed E-state index contributed by atoms with van der Waals surface area (Å²) in [5.41, 5.74) is 14.7. The van der Waals surface area contributed by atoms with Gasteiger partial charge in [0.2, 0.25) is 0 Å². The molecule has 3 nitrogen and oxygen atoms in total. The summed E-state index contributed by atoms with van der Waals surface area (Å²) in [4.78, 5) is 0. The van der Waals surface area contributed by atoms with Crippen LogP contribution < -0.4 is 0 Å². The van der Waals surface area contributed by atoms with Gasteiger partial charge in [0.05, 0.1) is 0 Å². The molecule has 0 unspecified atom stereocenters. The van der Waals surface area contributed by atoms with Crippen LogP contribution in [0.1, 0.15) is 0 Å². The smallest absolute Gasteiger partial charge is 0.136 e. The quantitative estimate of drug-likeness (QED) is 0.166. The van der Waals surface area contributed by atoms with E-state index in [1.54, 1.807) is 0 Å². The molecule has 12 aromatic carbocycles. The molecule has 67 heavy (non-hydrogen) atoms. The maximum atomic E-state index is 6.78. The average Bonchev–Trinajstić information content (AvgIpc) is 4.07. The van der Waals surface area contributed by atoms with Crippen molar-refractivity contribution in [2.24, 2.45) is 0 Å². The lowest BCUT2D eigenvalue weighted by Gasteiger charge is -2.18. The third kappa shape index (κ3) is 5.28. The van der Waals surface area contributed by atoms with Crippen LogP contribution in [-0.4, -0.2) is 0 Å². The molecule has 0 aliphatic rings. The lowest BCUT2D eigenvalue weighted by molar-refractivity contribution is 0.668. The predicted molar refractivity (Wildman–Crippen MR) is 280 cm³/mol. The molecule has 0 N–H and O–H groups in total. The first-order valence-corrected chi connectivity index (χ1v) is 22.9. The number of hydrogen-bond acceptors (Lipinski definition) is 3. The van der Waals surface area contributed by atoms with Crippen LogP contribution in [0, 0.1) is 0 Å². The lowest BCUT2D eigenvalue weighted by Crippen LogP contribution is -1.91. The van der Waals surface area contributed by atoms with Crippen LogP contribution in [0.25, 0.3) is 153 Å². The fourth-order valence-electron chi connectivity index (χ4n) is 11.4. The number of furan rings is 3. The highest BCUT2D eigenvalue weighted by Gasteiger charge is 2.22. The number of para-hydroxylation sites is 2. The van der Waals surface area contributed by atoms with Gasteiger partial charge in [-0.25, -0.2) is 0 Å². The summed E-state index contributed by atoms with van der Waals surface area (Å²) in [6.07, 6.45) is 0. The van der Waals surface area contributed by atoms with Gasteiger partial charge in [-0.2, -0.15) is 0 Å². The van der Waals surface area contributed by atoms with Crippen LogP contribution in [0.3, 0.4) is 0 Å². The summed E-state index contributed by atoms with van der Waals surface area (Å²) < 4.78 is 19.6. The van der Waals surface area contributed by atoms with Gasteiger partial charge in [0, 0.05) is 32.3 Å². The minimum atomic E-state index is 0.864. The Kier molecular flexibility index (Phi) is 7.50. The van der Waals surface area contributed by atoms with E-state index in [1.165, 1.54) is 65.3 Å². The second-order valence-electron chi connectivity index (χ2n) is 17.8. The third-order valence-electron chi connectivity index (χ3n) is 14.2. The Bertz CT molecular complexity index is 4460. The van der Waals surface area contributed by atoms with E-state index in [4.69, 9.17) is 13.3 Å². The fraction of sp³-hybridized carbons (Fsp3) is 0. The number of rotatable bonds is 4. The fourth-order valence-corrected chi connectivity index (χ4v) is 11.4. The van der Waals surface area contributed by atoms with Crippen molar-refractivity contribution in [3.63, 3.8) is 0 Å². The second kappa shape index (κ2) is 13.8. The van der Waals surface area contributed by atoms with Crippen LogP contribution in [0.5, 0.6) is 0 Å². The van der Waals surface area contributed by atoms with E-state index in [2.05, 4.69) is 194 Å². The van der Waals surface area contributed by atoms with Crippen molar-refractivity contribution in [3.8, 4) is 44.5 Å². The first kappa shape index (κ1) is 36.4. The monoisotopic (exact) mass is 852 g/mol. The highest BCUT2D eigenvalue weighted by atomic mass is 16.3. The molecule has 0 amide bonds. The molecule has 3 heterocycles. The van der Waals surface area contributed by atoms with E-state index in [9.17, 15) is 0 Å². The minimum Gasteiger partial charge on any atom is -0.456 e. The van der Waals surface area contributed by atoms with Gasteiger partial charge in [0.25, 0.3) is 0 Å². The molecule has 0 radical (unpaired) electrons. The SMILES string of the molecule is c1ccc2c(c1)oc1cc(-c3c4ccccc4c(-c4ccc5c(c4)oc4ccc(-c6c7ccccc7c(-c7ccc8c(c7)oc7ccccc78)c7ccccc67)cc45)c4ccccc34)ccc12. The Morgan fingerprint density at radius 3 is 0.746 bits per heavy atom. The summed E-state index contributed by atoms with van der Waals surface area (Å²) in [6, 6.07) is 78.6. The molecule has 0 saturated heterocycles. The molecule has 0 bridgehead atoms. The highest BCUT2D eigenvalue weighted by molar-refractivity contribution is 6.25. The maximum Gasteiger partial charge on any atom is 0.136 e. The largest absolute Gasteiger partial charge is 0.456 e. The Morgan fingerprint density at radius 2 is 0.403 bits per heavy atom. The zero-order chi connectivity index (χ0) is 43.7. The van der Waals surface area contributed by atoms with Gasteiger partial charge in [-0.15, -0.1) is 0 Å². The van der Waals surface area contributed by atoms with Crippen molar-refractivity contribution in [1.82, 2.24) is 0 Å². The third-order valence-corrected chi connectivity index (χ3v) is 14.2. The Morgan fingerprint density at radius 1 is 0.164 bits per heavy atom.